The van der Waals surface area contributed by atoms with E-state index in [9.17, 15) is 4.39 Å². The first-order valence-corrected chi connectivity index (χ1v) is 6.80. The molecule has 0 fully saturated rings. The predicted molar refractivity (Wildman–Crippen MR) is 76.5 cm³/mol. The second kappa shape index (κ2) is 5.46. The van der Waals surface area contributed by atoms with E-state index in [1.54, 1.807) is 19.2 Å². The molecule has 104 valence electrons. The number of nitrogens with two attached hydrogens (primary N) is 1. The van der Waals surface area contributed by atoms with E-state index in [-0.39, 0.29) is 11.4 Å². The SMILES string of the molecule is COCCN1C(N)=NCC1(C)c1ccc(F)c(Br)c1. The van der Waals surface area contributed by atoms with Gasteiger partial charge in [-0.25, -0.2) is 4.39 Å². The van der Waals surface area contributed by atoms with E-state index in [0.717, 1.165) is 5.56 Å². The van der Waals surface area contributed by atoms with Crippen molar-refractivity contribution in [3.8, 4) is 0 Å². The van der Waals surface area contributed by atoms with Crippen molar-refractivity contribution in [2.45, 2.75) is 12.5 Å². The van der Waals surface area contributed by atoms with Crippen LogP contribution in [0.25, 0.3) is 0 Å². The summed E-state index contributed by atoms with van der Waals surface area (Å²) in [7, 11) is 1.65. The highest BCUT2D eigenvalue weighted by molar-refractivity contribution is 9.10. The molecule has 1 atom stereocenters. The fourth-order valence-corrected chi connectivity index (χ4v) is 2.66. The van der Waals surface area contributed by atoms with E-state index in [1.165, 1.54) is 6.07 Å². The summed E-state index contributed by atoms with van der Waals surface area (Å²) >= 11 is 3.22. The second-order valence-corrected chi connectivity index (χ2v) is 5.58. The minimum Gasteiger partial charge on any atom is -0.383 e. The summed E-state index contributed by atoms with van der Waals surface area (Å²) in [5.74, 6) is 0.225. The summed E-state index contributed by atoms with van der Waals surface area (Å²) < 4.78 is 18.9. The first-order chi connectivity index (χ1) is 8.99. The lowest BCUT2D eigenvalue weighted by Crippen LogP contribution is -2.48. The van der Waals surface area contributed by atoms with Crippen LogP contribution in [0.2, 0.25) is 0 Å². The van der Waals surface area contributed by atoms with Gasteiger partial charge in [0.05, 0.1) is 23.2 Å². The van der Waals surface area contributed by atoms with Crippen LogP contribution in [-0.2, 0) is 10.3 Å². The zero-order valence-corrected chi connectivity index (χ0v) is 12.6. The molecule has 6 heteroatoms. The number of halogens is 2. The minimum absolute atomic E-state index is 0.275. The third-order valence-electron chi connectivity index (χ3n) is 3.48. The molecule has 0 radical (unpaired) electrons. The van der Waals surface area contributed by atoms with E-state index in [4.69, 9.17) is 10.5 Å². The van der Waals surface area contributed by atoms with Crippen LogP contribution in [0, 0.1) is 5.82 Å². The molecule has 1 heterocycles. The van der Waals surface area contributed by atoms with Gasteiger partial charge in [0.1, 0.15) is 5.82 Å². The number of benzene rings is 1. The summed E-state index contributed by atoms with van der Waals surface area (Å²) in [6.07, 6.45) is 0. The zero-order chi connectivity index (χ0) is 14.0. The molecule has 1 aliphatic rings. The van der Waals surface area contributed by atoms with Gasteiger partial charge in [-0.2, -0.15) is 0 Å². The molecule has 2 rings (SSSR count). The Morgan fingerprint density at radius 1 is 1.58 bits per heavy atom. The van der Waals surface area contributed by atoms with Gasteiger partial charge < -0.3 is 15.4 Å². The van der Waals surface area contributed by atoms with E-state index >= 15 is 0 Å². The lowest BCUT2D eigenvalue weighted by atomic mass is 9.91. The van der Waals surface area contributed by atoms with Gasteiger partial charge in [-0.15, -0.1) is 0 Å². The van der Waals surface area contributed by atoms with Crippen molar-refractivity contribution in [2.75, 3.05) is 26.8 Å². The van der Waals surface area contributed by atoms with Gasteiger partial charge >= 0.3 is 0 Å². The van der Waals surface area contributed by atoms with E-state index < -0.39 is 0 Å². The van der Waals surface area contributed by atoms with Gasteiger partial charge in [-0.05, 0) is 40.5 Å². The standard InChI is InChI=1S/C13H17BrFN3O/c1-13(9-3-4-11(15)10(14)7-9)8-17-12(16)18(13)5-6-19-2/h3-4,7H,5-6,8H2,1-2H3,(H2,16,17). The lowest BCUT2D eigenvalue weighted by Gasteiger charge is -2.36. The average Bonchev–Trinajstić information content (AvgIpc) is 2.67. The van der Waals surface area contributed by atoms with Crippen molar-refractivity contribution in [1.29, 1.82) is 0 Å². The molecule has 1 unspecified atom stereocenters. The van der Waals surface area contributed by atoms with Crippen LogP contribution < -0.4 is 5.73 Å². The molecule has 0 amide bonds. The highest BCUT2D eigenvalue weighted by Gasteiger charge is 2.39. The highest BCUT2D eigenvalue weighted by Crippen LogP contribution is 2.34. The number of aliphatic imine (C=N–C) groups is 1. The maximum absolute atomic E-state index is 13.4. The summed E-state index contributed by atoms with van der Waals surface area (Å²) in [4.78, 5) is 6.30. The Bertz CT molecular complexity index is 509. The Kier molecular flexibility index (Phi) is 4.10. The molecule has 19 heavy (non-hydrogen) atoms. The number of methoxy groups -OCH3 is 1. The van der Waals surface area contributed by atoms with Gasteiger partial charge in [0, 0.05) is 13.7 Å². The molecule has 0 aromatic heterocycles. The maximum Gasteiger partial charge on any atom is 0.192 e. The van der Waals surface area contributed by atoms with Crippen molar-refractivity contribution in [2.24, 2.45) is 10.7 Å². The lowest BCUT2D eigenvalue weighted by molar-refractivity contribution is 0.137. The molecule has 0 saturated heterocycles. The molecule has 4 nitrogen and oxygen atoms in total. The number of guanidine groups is 1. The highest BCUT2D eigenvalue weighted by atomic mass is 79.9. The topological polar surface area (TPSA) is 50.9 Å². The van der Waals surface area contributed by atoms with E-state index in [1.807, 2.05) is 11.8 Å². The largest absolute Gasteiger partial charge is 0.383 e. The van der Waals surface area contributed by atoms with Crippen molar-refractivity contribution >= 4 is 21.9 Å². The molecule has 1 aromatic carbocycles. The van der Waals surface area contributed by atoms with Crippen LogP contribution >= 0.6 is 15.9 Å². The Balaban J connectivity index is 2.32. The third-order valence-corrected chi connectivity index (χ3v) is 4.09. The predicted octanol–water partition coefficient (Wildman–Crippen LogP) is 2.08. The normalized spacial score (nSPS) is 22.7. The monoisotopic (exact) mass is 329 g/mol. The molecule has 2 N–H and O–H groups in total. The van der Waals surface area contributed by atoms with Crippen LogP contribution in [0.3, 0.4) is 0 Å². The van der Waals surface area contributed by atoms with Crippen molar-refractivity contribution < 1.29 is 9.13 Å². The van der Waals surface area contributed by atoms with Crippen LogP contribution in [0.4, 0.5) is 4.39 Å². The first-order valence-electron chi connectivity index (χ1n) is 6.01. The van der Waals surface area contributed by atoms with Gasteiger partial charge in [0.2, 0.25) is 0 Å². The maximum atomic E-state index is 13.4. The summed E-state index contributed by atoms with van der Waals surface area (Å²) in [6.45, 7) is 3.82. The summed E-state index contributed by atoms with van der Waals surface area (Å²) in [6, 6.07) is 5.00. The zero-order valence-electron chi connectivity index (χ0n) is 11.0. The molecular weight excluding hydrogens is 313 g/mol. The van der Waals surface area contributed by atoms with Crippen molar-refractivity contribution in [1.82, 2.24) is 4.90 Å². The van der Waals surface area contributed by atoms with Crippen LogP contribution in [-0.4, -0.2) is 37.7 Å². The quantitative estimate of drug-likeness (QED) is 0.920. The Labute approximate surface area is 120 Å². The van der Waals surface area contributed by atoms with Crippen molar-refractivity contribution in [3.63, 3.8) is 0 Å². The number of rotatable bonds is 4. The van der Waals surface area contributed by atoms with Gasteiger partial charge in [-0.3, -0.25) is 4.99 Å². The number of nitrogens with zero attached hydrogens (tertiary/aromatic N) is 2. The van der Waals surface area contributed by atoms with Crippen LogP contribution in [0.5, 0.6) is 0 Å². The van der Waals surface area contributed by atoms with Gasteiger partial charge in [-0.1, -0.05) is 6.07 Å². The Morgan fingerprint density at radius 3 is 2.95 bits per heavy atom. The van der Waals surface area contributed by atoms with Gasteiger partial charge in [0.15, 0.2) is 5.96 Å². The van der Waals surface area contributed by atoms with Crippen molar-refractivity contribution in [3.05, 3.63) is 34.1 Å². The first kappa shape index (κ1) is 14.3. The molecule has 0 saturated carbocycles. The number of hydrogen-bond donors (Lipinski definition) is 1. The number of ether oxygens (including phenoxy) is 1. The molecular formula is C13H17BrFN3O. The molecule has 0 aliphatic carbocycles. The minimum atomic E-state index is -0.362. The van der Waals surface area contributed by atoms with Crippen LogP contribution in [0.1, 0.15) is 12.5 Å². The third kappa shape index (κ3) is 2.60. The van der Waals surface area contributed by atoms with Crippen LogP contribution in [0.15, 0.2) is 27.7 Å². The molecule has 0 spiro atoms. The fourth-order valence-electron chi connectivity index (χ4n) is 2.28. The molecule has 1 aliphatic heterocycles. The summed E-state index contributed by atoms with van der Waals surface area (Å²) in [5, 5.41) is 0. The molecule has 0 bridgehead atoms. The fraction of sp³-hybridized carbons (Fsp3) is 0.462. The summed E-state index contributed by atoms with van der Waals surface area (Å²) in [5.41, 5.74) is 6.55. The van der Waals surface area contributed by atoms with E-state index in [0.29, 0.717) is 30.1 Å². The smallest absolute Gasteiger partial charge is 0.192 e. The van der Waals surface area contributed by atoms with E-state index in [2.05, 4.69) is 20.9 Å². The van der Waals surface area contributed by atoms with Gasteiger partial charge in [0.25, 0.3) is 0 Å². The number of hydrogen-bond acceptors (Lipinski definition) is 4. The molecule has 1 aromatic rings. The second-order valence-electron chi connectivity index (χ2n) is 4.72. The average molecular weight is 330 g/mol. The Hall–Kier alpha value is -1.14. The Morgan fingerprint density at radius 2 is 2.32 bits per heavy atom.